The Morgan fingerprint density at radius 1 is 0.903 bits per heavy atom. The Morgan fingerprint density at radius 3 is 2.39 bits per heavy atom. The molecule has 3 N–H and O–H groups in total. The second kappa shape index (κ2) is 7.80. The van der Waals surface area contributed by atoms with Gasteiger partial charge in [-0.2, -0.15) is 9.97 Å². The molecule has 2 saturated heterocycles. The molecule has 9 nitrogen and oxygen atoms in total. The molecule has 3 aromatic rings. The number of fused-ring (bicyclic) bond motifs is 3. The smallest absolute Gasteiger partial charge is 0.330 e. The Balaban J connectivity index is 1.48. The van der Waals surface area contributed by atoms with E-state index in [1.165, 1.54) is 43.4 Å². The molecule has 0 aromatic carbocycles. The number of quaternary nitrogens is 1. The number of nitrogens with zero attached hydrogens (tertiary/aromatic N) is 6. The predicted octanol–water partition coefficient (Wildman–Crippen LogP) is 1.84. The fourth-order valence-electron chi connectivity index (χ4n) is 5.41. The van der Waals surface area contributed by atoms with E-state index in [0.717, 1.165) is 48.7 Å². The SMILES string of the molecule is Nc1cnc(-c2nc([NH+]3CC4CCC(C3)O4)nc3c2ncn3C2CCCCCC2)cn1. The lowest BCUT2D eigenvalue weighted by molar-refractivity contribution is -0.853. The van der Waals surface area contributed by atoms with E-state index in [-0.39, 0.29) is 0 Å². The molecule has 6 rings (SSSR count). The number of aromatic nitrogens is 6. The molecule has 2 unspecified atom stereocenters. The highest BCUT2D eigenvalue weighted by Crippen LogP contribution is 2.32. The van der Waals surface area contributed by atoms with Gasteiger partial charge in [-0.25, -0.2) is 15.0 Å². The van der Waals surface area contributed by atoms with Crippen LogP contribution >= 0.6 is 0 Å². The third kappa shape index (κ3) is 3.55. The number of hydrogen-bond acceptors (Lipinski definition) is 7. The summed E-state index contributed by atoms with van der Waals surface area (Å²) in [4.78, 5) is 24.9. The minimum Gasteiger partial charge on any atom is -0.382 e. The molecule has 31 heavy (non-hydrogen) atoms. The summed E-state index contributed by atoms with van der Waals surface area (Å²) in [5.74, 6) is 1.21. The minimum atomic E-state index is 0.305. The largest absolute Gasteiger partial charge is 0.382 e. The van der Waals surface area contributed by atoms with Crippen molar-refractivity contribution >= 4 is 22.9 Å². The molecule has 3 aromatic heterocycles. The summed E-state index contributed by atoms with van der Waals surface area (Å²) in [5, 5.41) is 0. The number of nitrogens with one attached hydrogen (secondary N) is 1. The van der Waals surface area contributed by atoms with E-state index in [4.69, 9.17) is 25.4 Å². The van der Waals surface area contributed by atoms with Gasteiger partial charge in [-0.1, -0.05) is 25.7 Å². The van der Waals surface area contributed by atoms with E-state index in [2.05, 4.69) is 14.5 Å². The van der Waals surface area contributed by atoms with Gasteiger partial charge >= 0.3 is 5.95 Å². The second-order valence-electron chi connectivity index (χ2n) is 9.16. The topological polar surface area (TPSA) is 109 Å². The maximum atomic E-state index is 6.05. The van der Waals surface area contributed by atoms with E-state index in [0.29, 0.717) is 29.8 Å². The molecule has 0 amide bonds. The quantitative estimate of drug-likeness (QED) is 0.621. The number of ether oxygens (including phenoxy) is 1. The zero-order valence-electron chi connectivity index (χ0n) is 17.7. The monoisotopic (exact) mass is 421 g/mol. The van der Waals surface area contributed by atoms with E-state index in [9.17, 15) is 0 Å². The fourth-order valence-corrected chi connectivity index (χ4v) is 5.41. The van der Waals surface area contributed by atoms with Gasteiger partial charge in [0.15, 0.2) is 5.65 Å². The van der Waals surface area contributed by atoms with Crippen LogP contribution in [0.5, 0.6) is 0 Å². The molecule has 3 aliphatic rings. The molecular weight excluding hydrogens is 392 g/mol. The van der Waals surface area contributed by atoms with Crippen molar-refractivity contribution in [2.45, 2.75) is 69.6 Å². The lowest BCUT2D eigenvalue weighted by atomic mass is 10.1. The van der Waals surface area contributed by atoms with Crippen molar-refractivity contribution in [1.82, 2.24) is 29.5 Å². The summed E-state index contributed by atoms with van der Waals surface area (Å²) >= 11 is 0. The lowest BCUT2D eigenvalue weighted by Crippen LogP contribution is -3.11. The Kier molecular flexibility index (Phi) is 4.80. The highest BCUT2D eigenvalue weighted by Gasteiger charge is 2.39. The molecule has 5 heterocycles. The second-order valence-corrected chi connectivity index (χ2v) is 9.16. The van der Waals surface area contributed by atoms with Gasteiger partial charge in [-0.05, 0) is 25.7 Å². The van der Waals surface area contributed by atoms with Gasteiger partial charge in [-0.3, -0.25) is 4.90 Å². The van der Waals surface area contributed by atoms with E-state index >= 15 is 0 Å². The number of nitrogens with two attached hydrogens (primary N) is 1. The van der Waals surface area contributed by atoms with Crippen LogP contribution in [-0.2, 0) is 4.74 Å². The Labute approximate surface area is 181 Å². The van der Waals surface area contributed by atoms with E-state index < -0.39 is 0 Å². The molecule has 162 valence electrons. The summed E-state index contributed by atoms with van der Waals surface area (Å²) in [5.41, 5.74) is 8.91. The van der Waals surface area contributed by atoms with Crippen molar-refractivity contribution in [3.63, 3.8) is 0 Å². The molecular formula is C22H29N8O+. The van der Waals surface area contributed by atoms with E-state index in [1.54, 1.807) is 12.4 Å². The molecule has 1 aliphatic carbocycles. The van der Waals surface area contributed by atoms with Gasteiger partial charge in [0.2, 0.25) is 0 Å². The summed E-state index contributed by atoms with van der Waals surface area (Å²) in [6.45, 7) is 1.82. The van der Waals surface area contributed by atoms with Crippen molar-refractivity contribution in [1.29, 1.82) is 0 Å². The Hall–Kier alpha value is -2.65. The average Bonchev–Trinajstić information content (AvgIpc) is 3.25. The third-order valence-corrected chi connectivity index (χ3v) is 7.01. The van der Waals surface area contributed by atoms with Crippen LogP contribution in [0, 0.1) is 0 Å². The first kappa shape index (κ1) is 19.1. The number of imidazole rings is 1. The van der Waals surface area contributed by atoms with E-state index in [1.807, 2.05) is 6.33 Å². The predicted molar refractivity (Wildman–Crippen MR) is 116 cm³/mol. The number of nitrogen functional groups attached to an aromatic ring is 1. The van der Waals surface area contributed by atoms with Crippen molar-refractivity contribution in [3.05, 3.63) is 18.7 Å². The van der Waals surface area contributed by atoms with Gasteiger partial charge in [0.1, 0.15) is 48.0 Å². The maximum absolute atomic E-state index is 6.05. The minimum absolute atomic E-state index is 0.305. The van der Waals surface area contributed by atoms with Crippen LogP contribution in [-0.4, -0.2) is 54.8 Å². The summed E-state index contributed by atoms with van der Waals surface area (Å²) in [6.07, 6.45) is 15.6. The highest BCUT2D eigenvalue weighted by atomic mass is 16.5. The normalized spacial score (nSPS) is 26.9. The van der Waals surface area contributed by atoms with Gasteiger partial charge < -0.3 is 15.0 Å². The van der Waals surface area contributed by atoms with Crippen LogP contribution in [0.2, 0.25) is 0 Å². The number of hydrogen-bond donors (Lipinski definition) is 2. The molecule has 1 saturated carbocycles. The fraction of sp³-hybridized carbons (Fsp3) is 0.591. The third-order valence-electron chi connectivity index (χ3n) is 7.01. The van der Waals surface area contributed by atoms with Gasteiger partial charge in [0.05, 0.1) is 18.7 Å². The maximum Gasteiger partial charge on any atom is 0.330 e. The van der Waals surface area contributed by atoms with Gasteiger partial charge in [-0.15, -0.1) is 0 Å². The first-order chi connectivity index (χ1) is 15.2. The number of morpholine rings is 1. The van der Waals surface area contributed by atoms with Crippen LogP contribution in [0.25, 0.3) is 22.6 Å². The van der Waals surface area contributed by atoms with Crippen molar-refractivity contribution in [3.8, 4) is 11.4 Å². The van der Waals surface area contributed by atoms with Crippen LogP contribution in [0.1, 0.15) is 57.4 Å². The molecule has 0 spiro atoms. The number of rotatable bonds is 3. The Morgan fingerprint density at radius 2 is 1.68 bits per heavy atom. The van der Waals surface area contributed by atoms with Crippen molar-refractivity contribution < 1.29 is 9.64 Å². The summed E-state index contributed by atoms with van der Waals surface area (Å²) in [7, 11) is 0. The molecule has 2 bridgehead atoms. The van der Waals surface area contributed by atoms with Gasteiger partial charge in [0.25, 0.3) is 0 Å². The van der Waals surface area contributed by atoms with Crippen LogP contribution in [0.15, 0.2) is 18.7 Å². The molecule has 2 atom stereocenters. The lowest BCUT2D eigenvalue weighted by Gasteiger charge is -2.27. The zero-order chi connectivity index (χ0) is 20.8. The van der Waals surface area contributed by atoms with Crippen LogP contribution < -0.4 is 10.6 Å². The first-order valence-electron chi connectivity index (χ1n) is 11.6. The first-order valence-corrected chi connectivity index (χ1v) is 11.6. The molecule has 3 fully saturated rings. The number of anilines is 1. The summed E-state index contributed by atoms with van der Waals surface area (Å²) in [6, 6.07) is 0.441. The van der Waals surface area contributed by atoms with Crippen LogP contribution in [0.4, 0.5) is 11.8 Å². The zero-order valence-corrected chi connectivity index (χ0v) is 17.7. The molecule has 2 aliphatic heterocycles. The highest BCUT2D eigenvalue weighted by molar-refractivity contribution is 5.86. The average molecular weight is 422 g/mol. The standard InChI is InChI=1S/C22H28N8O/c23-18-10-24-17(9-25-18)19-20-21(30(13-26-20)14-5-3-1-2-4-6-14)28-22(27-19)29-11-15-7-8-16(12-29)31-15/h9-10,13-16H,1-8,11-12H2,(H2,23,25)/p+1. The molecule has 0 radical (unpaired) electrons. The Bertz CT molecular complexity index is 1060. The molecule has 9 heteroatoms. The summed E-state index contributed by atoms with van der Waals surface area (Å²) < 4.78 is 8.34. The van der Waals surface area contributed by atoms with Crippen molar-refractivity contribution in [2.75, 3.05) is 18.8 Å². The van der Waals surface area contributed by atoms with Gasteiger partial charge in [0, 0.05) is 6.04 Å². The van der Waals surface area contributed by atoms with Crippen molar-refractivity contribution in [2.24, 2.45) is 0 Å². The van der Waals surface area contributed by atoms with Crippen LogP contribution in [0.3, 0.4) is 0 Å².